The number of carbonyl (C=O) groups is 1. The van der Waals surface area contributed by atoms with Gasteiger partial charge in [0.1, 0.15) is 11.6 Å². The van der Waals surface area contributed by atoms with Gasteiger partial charge in [-0.3, -0.25) is 14.9 Å². The quantitative estimate of drug-likeness (QED) is 0.512. The molecule has 0 aliphatic rings. The molecule has 1 amide bonds. The monoisotopic (exact) mass is 281 g/mol. The zero-order chi connectivity index (χ0) is 15.1. The number of aromatic nitrogens is 1. The van der Waals surface area contributed by atoms with E-state index in [9.17, 15) is 14.9 Å². The van der Waals surface area contributed by atoms with Crippen LogP contribution in [0.3, 0.4) is 0 Å². The first kappa shape index (κ1) is 15.7. The molecule has 0 radical (unpaired) electrons. The Kier molecular flexibility index (Phi) is 5.70. The van der Waals surface area contributed by atoms with E-state index >= 15 is 0 Å². The van der Waals surface area contributed by atoms with Gasteiger partial charge in [-0.05, 0) is 5.92 Å². The van der Waals surface area contributed by atoms with Crippen LogP contribution < -0.4 is 16.0 Å². The fourth-order valence-electron chi connectivity index (χ4n) is 1.39. The summed E-state index contributed by atoms with van der Waals surface area (Å²) < 4.78 is 0. The van der Waals surface area contributed by atoms with Gasteiger partial charge in [0.15, 0.2) is 0 Å². The highest BCUT2D eigenvalue weighted by Gasteiger charge is 2.11. The second-order valence-electron chi connectivity index (χ2n) is 4.65. The van der Waals surface area contributed by atoms with Crippen molar-refractivity contribution in [3.05, 3.63) is 22.2 Å². The number of hydrogen-bond acceptors (Lipinski definition) is 6. The van der Waals surface area contributed by atoms with Crippen LogP contribution in [-0.2, 0) is 4.79 Å². The number of hydrogen-bond donors (Lipinski definition) is 3. The Bertz CT molecular complexity index is 490. The fourth-order valence-corrected chi connectivity index (χ4v) is 1.39. The number of carbonyl (C=O) groups excluding carboxylic acids is 1. The fraction of sp³-hybridized carbons (Fsp3) is 0.500. The van der Waals surface area contributed by atoms with Crippen molar-refractivity contribution in [2.24, 2.45) is 5.92 Å². The molecule has 0 atom stereocenters. The predicted octanol–water partition coefficient (Wildman–Crippen LogP) is 1.22. The van der Waals surface area contributed by atoms with Crippen LogP contribution >= 0.6 is 0 Å². The molecule has 0 unspecified atom stereocenters. The van der Waals surface area contributed by atoms with Gasteiger partial charge in [-0.25, -0.2) is 4.98 Å². The summed E-state index contributed by atoms with van der Waals surface area (Å²) in [7, 11) is 1.62. The topological polar surface area (TPSA) is 109 Å². The van der Waals surface area contributed by atoms with Gasteiger partial charge in [-0.15, -0.1) is 0 Å². The van der Waals surface area contributed by atoms with Crippen LogP contribution in [0, 0.1) is 16.0 Å². The molecule has 1 aromatic heterocycles. The predicted molar refractivity (Wildman–Crippen MR) is 76.8 cm³/mol. The first-order valence-corrected chi connectivity index (χ1v) is 6.27. The Hall–Kier alpha value is -2.38. The Balaban J connectivity index is 2.65. The minimum absolute atomic E-state index is 0.0179. The first-order chi connectivity index (χ1) is 9.42. The van der Waals surface area contributed by atoms with Crippen LogP contribution in [0.25, 0.3) is 0 Å². The molecule has 0 aliphatic carbocycles. The van der Waals surface area contributed by atoms with Crippen LogP contribution in [0.15, 0.2) is 12.1 Å². The number of nitrogens with zero attached hydrogens (tertiary/aromatic N) is 2. The van der Waals surface area contributed by atoms with E-state index in [1.54, 1.807) is 7.05 Å². The second-order valence-corrected chi connectivity index (χ2v) is 4.65. The van der Waals surface area contributed by atoms with E-state index in [-0.39, 0.29) is 24.0 Å². The number of amides is 1. The maximum atomic E-state index is 11.5. The molecule has 0 aliphatic heterocycles. The molecular formula is C12H19N5O3. The molecule has 3 N–H and O–H groups in total. The van der Waals surface area contributed by atoms with E-state index in [0.29, 0.717) is 18.3 Å². The van der Waals surface area contributed by atoms with Crippen molar-refractivity contribution in [1.82, 2.24) is 10.3 Å². The molecule has 0 spiro atoms. The molecule has 0 fully saturated rings. The maximum Gasteiger partial charge on any atom is 0.276 e. The van der Waals surface area contributed by atoms with Crippen molar-refractivity contribution in [3.63, 3.8) is 0 Å². The highest BCUT2D eigenvalue weighted by atomic mass is 16.6. The van der Waals surface area contributed by atoms with Crippen molar-refractivity contribution in [1.29, 1.82) is 0 Å². The van der Waals surface area contributed by atoms with Crippen molar-refractivity contribution in [2.45, 2.75) is 13.8 Å². The molecule has 110 valence electrons. The molecule has 20 heavy (non-hydrogen) atoms. The third kappa shape index (κ3) is 5.09. The largest absolute Gasteiger partial charge is 0.373 e. The Morgan fingerprint density at radius 3 is 2.60 bits per heavy atom. The SMILES string of the molecule is CNc1cc([N+](=O)[O-])cc(NCC(=O)NCC(C)C)n1. The van der Waals surface area contributed by atoms with Gasteiger partial charge in [0, 0.05) is 13.6 Å². The van der Waals surface area contributed by atoms with Gasteiger partial charge in [-0.2, -0.15) is 0 Å². The summed E-state index contributed by atoms with van der Waals surface area (Å²) in [4.78, 5) is 25.9. The third-order valence-corrected chi connectivity index (χ3v) is 2.41. The van der Waals surface area contributed by atoms with E-state index in [2.05, 4.69) is 20.9 Å². The van der Waals surface area contributed by atoms with E-state index in [0.717, 1.165) is 0 Å². The average molecular weight is 281 g/mol. The Morgan fingerprint density at radius 1 is 1.40 bits per heavy atom. The molecule has 8 nitrogen and oxygen atoms in total. The summed E-state index contributed by atoms with van der Waals surface area (Å²) in [5, 5.41) is 19.0. The Labute approximate surface area is 117 Å². The third-order valence-electron chi connectivity index (χ3n) is 2.41. The lowest BCUT2D eigenvalue weighted by Crippen LogP contribution is -2.32. The molecule has 0 saturated heterocycles. The molecule has 0 bridgehead atoms. The highest BCUT2D eigenvalue weighted by Crippen LogP contribution is 2.19. The normalized spacial score (nSPS) is 10.2. The van der Waals surface area contributed by atoms with Gasteiger partial charge in [0.2, 0.25) is 5.91 Å². The number of anilines is 2. The van der Waals surface area contributed by atoms with Gasteiger partial charge >= 0.3 is 0 Å². The average Bonchev–Trinajstić information content (AvgIpc) is 2.42. The summed E-state index contributed by atoms with van der Waals surface area (Å²) in [6.07, 6.45) is 0. The van der Waals surface area contributed by atoms with E-state index < -0.39 is 4.92 Å². The lowest BCUT2D eigenvalue weighted by atomic mass is 10.2. The summed E-state index contributed by atoms with van der Waals surface area (Å²) in [6, 6.07) is 2.61. The minimum atomic E-state index is -0.507. The van der Waals surface area contributed by atoms with Crippen LogP contribution in [0.4, 0.5) is 17.3 Å². The van der Waals surface area contributed by atoms with Crippen LogP contribution in [0.5, 0.6) is 0 Å². The molecule has 8 heteroatoms. The Morgan fingerprint density at radius 2 is 2.05 bits per heavy atom. The molecule has 1 aromatic rings. The standard InChI is InChI=1S/C12H19N5O3/c1-8(2)6-15-12(18)7-14-11-5-9(17(19)20)4-10(13-3)16-11/h4-5,8H,6-7H2,1-3H3,(H,15,18)(H2,13,14,16). The minimum Gasteiger partial charge on any atom is -0.373 e. The zero-order valence-electron chi connectivity index (χ0n) is 11.8. The number of nitrogens with one attached hydrogen (secondary N) is 3. The summed E-state index contributed by atoms with van der Waals surface area (Å²) >= 11 is 0. The summed E-state index contributed by atoms with van der Waals surface area (Å²) in [5.41, 5.74) is -0.0885. The lowest BCUT2D eigenvalue weighted by molar-refractivity contribution is -0.384. The van der Waals surface area contributed by atoms with Crippen molar-refractivity contribution < 1.29 is 9.72 Å². The zero-order valence-corrected chi connectivity index (χ0v) is 11.8. The van der Waals surface area contributed by atoms with Gasteiger partial charge < -0.3 is 16.0 Å². The van der Waals surface area contributed by atoms with Crippen LogP contribution in [0.1, 0.15) is 13.8 Å². The summed E-state index contributed by atoms with van der Waals surface area (Å²) in [6.45, 7) is 4.60. The molecule has 1 rings (SSSR count). The van der Waals surface area contributed by atoms with Gasteiger partial charge in [0.05, 0.1) is 23.6 Å². The van der Waals surface area contributed by atoms with E-state index in [1.165, 1.54) is 12.1 Å². The van der Waals surface area contributed by atoms with Crippen molar-refractivity contribution >= 4 is 23.2 Å². The smallest absolute Gasteiger partial charge is 0.276 e. The molecule has 1 heterocycles. The number of pyridine rings is 1. The second kappa shape index (κ2) is 7.27. The molecule has 0 aromatic carbocycles. The van der Waals surface area contributed by atoms with Gasteiger partial charge in [-0.1, -0.05) is 13.8 Å². The highest BCUT2D eigenvalue weighted by molar-refractivity contribution is 5.80. The lowest BCUT2D eigenvalue weighted by Gasteiger charge is -2.09. The number of rotatable bonds is 7. The van der Waals surface area contributed by atoms with Crippen molar-refractivity contribution in [2.75, 3.05) is 30.8 Å². The first-order valence-electron chi connectivity index (χ1n) is 6.27. The van der Waals surface area contributed by atoms with Crippen LogP contribution in [0.2, 0.25) is 0 Å². The van der Waals surface area contributed by atoms with Crippen LogP contribution in [-0.4, -0.2) is 36.0 Å². The molecular weight excluding hydrogens is 262 g/mol. The summed E-state index contributed by atoms with van der Waals surface area (Å²) in [5.74, 6) is 0.830. The van der Waals surface area contributed by atoms with E-state index in [1.807, 2.05) is 13.8 Å². The van der Waals surface area contributed by atoms with E-state index in [4.69, 9.17) is 0 Å². The molecule has 0 saturated carbocycles. The van der Waals surface area contributed by atoms with Gasteiger partial charge in [0.25, 0.3) is 5.69 Å². The van der Waals surface area contributed by atoms with Crippen molar-refractivity contribution in [3.8, 4) is 0 Å². The number of nitro groups is 1. The maximum absolute atomic E-state index is 11.5.